The molecule has 0 bridgehead atoms. The summed E-state index contributed by atoms with van der Waals surface area (Å²) >= 11 is 3.43. The molecule has 1 N–H and O–H groups in total. The van der Waals surface area contributed by atoms with Crippen LogP contribution >= 0.6 is 15.9 Å². The van der Waals surface area contributed by atoms with E-state index in [1.54, 1.807) is 24.0 Å². The number of amides is 2. The first-order chi connectivity index (χ1) is 15.8. The average molecular weight is 534 g/mol. The summed E-state index contributed by atoms with van der Waals surface area (Å²) in [5.74, 6) is -0.553. The topological polar surface area (TPSA) is 86.8 Å². The Labute approximate surface area is 203 Å². The van der Waals surface area contributed by atoms with Gasteiger partial charge in [0, 0.05) is 42.8 Å². The molecule has 4 rings (SSSR count). The lowest BCUT2D eigenvalue weighted by Gasteiger charge is -2.31. The third-order valence-corrected chi connectivity index (χ3v) is 9.14. The molecule has 0 saturated carbocycles. The molecule has 0 aromatic heterocycles. The van der Waals surface area contributed by atoms with Crippen LogP contribution in [0.4, 0.5) is 5.69 Å². The molecule has 0 unspecified atom stereocenters. The molecular weight excluding hydrogens is 506 g/mol. The zero-order valence-electron chi connectivity index (χ0n) is 18.6. The maximum atomic E-state index is 13.6. The molecule has 0 spiro atoms. The van der Waals surface area contributed by atoms with Crippen LogP contribution in [0.5, 0.6) is 0 Å². The maximum absolute atomic E-state index is 13.6. The third-order valence-electron chi connectivity index (χ3n) is 6.31. The van der Waals surface area contributed by atoms with E-state index < -0.39 is 15.9 Å². The normalized spacial score (nSPS) is 18.7. The van der Waals surface area contributed by atoms with Crippen molar-refractivity contribution < 1.29 is 18.0 Å². The highest BCUT2D eigenvalue weighted by Crippen LogP contribution is 2.37. The lowest BCUT2D eigenvalue weighted by atomic mass is 9.99. The van der Waals surface area contributed by atoms with E-state index in [1.165, 1.54) is 4.31 Å². The van der Waals surface area contributed by atoms with Crippen molar-refractivity contribution in [3.8, 4) is 0 Å². The third kappa shape index (κ3) is 5.00. The molecule has 1 saturated heterocycles. The number of hydrogen-bond acceptors (Lipinski definition) is 4. The second kappa shape index (κ2) is 9.95. The number of carbonyl (C=O) groups is 2. The standard InChI is InChI=1S/C24H28BrN3O4S/c1-2-23(29)28-12-10-18-13-20(25)22(14-21(18)28)33(31,32)27-11-6-9-19(16-27)24(30)26-15-17-7-4-3-5-8-17/h3-5,7-8,13-14,19H,2,6,9-12,15-16H2,1H3,(H,26,30)/t19-/m1/s1. The number of nitrogens with zero attached hydrogens (tertiary/aromatic N) is 2. The van der Waals surface area contributed by atoms with Gasteiger partial charge in [-0.3, -0.25) is 9.59 Å². The van der Waals surface area contributed by atoms with Crippen molar-refractivity contribution in [1.29, 1.82) is 0 Å². The van der Waals surface area contributed by atoms with Gasteiger partial charge in [0.15, 0.2) is 0 Å². The molecule has 0 aliphatic carbocycles. The highest BCUT2D eigenvalue weighted by atomic mass is 79.9. The molecular formula is C24H28BrN3O4S. The fourth-order valence-electron chi connectivity index (χ4n) is 4.48. The first-order valence-corrected chi connectivity index (χ1v) is 13.5. The van der Waals surface area contributed by atoms with Crippen molar-refractivity contribution in [2.24, 2.45) is 5.92 Å². The number of fused-ring (bicyclic) bond motifs is 1. The number of hydrogen-bond donors (Lipinski definition) is 1. The Morgan fingerprint density at radius 2 is 1.91 bits per heavy atom. The van der Waals surface area contributed by atoms with Crippen LogP contribution in [0.25, 0.3) is 0 Å². The summed E-state index contributed by atoms with van der Waals surface area (Å²) in [5, 5.41) is 2.94. The van der Waals surface area contributed by atoms with Gasteiger partial charge in [-0.1, -0.05) is 37.3 Å². The number of anilines is 1. The van der Waals surface area contributed by atoms with Gasteiger partial charge >= 0.3 is 0 Å². The molecule has 2 aliphatic heterocycles. The van der Waals surface area contributed by atoms with Crippen molar-refractivity contribution in [2.45, 2.75) is 44.0 Å². The van der Waals surface area contributed by atoms with Crippen molar-refractivity contribution in [1.82, 2.24) is 9.62 Å². The van der Waals surface area contributed by atoms with E-state index in [1.807, 2.05) is 30.3 Å². The zero-order chi connectivity index (χ0) is 23.6. The monoisotopic (exact) mass is 533 g/mol. The second-order valence-electron chi connectivity index (χ2n) is 8.47. The molecule has 9 heteroatoms. The summed E-state index contributed by atoms with van der Waals surface area (Å²) in [4.78, 5) is 26.9. The molecule has 1 atom stereocenters. The predicted molar refractivity (Wildman–Crippen MR) is 130 cm³/mol. The number of benzene rings is 2. The summed E-state index contributed by atoms with van der Waals surface area (Å²) < 4.78 is 29.0. The summed E-state index contributed by atoms with van der Waals surface area (Å²) in [6.07, 6.45) is 2.33. The second-order valence-corrected chi connectivity index (χ2v) is 11.2. The number of sulfonamides is 1. The van der Waals surface area contributed by atoms with Crippen molar-refractivity contribution in [2.75, 3.05) is 24.5 Å². The Hall–Kier alpha value is -2.23. The molecule has 1 fully saturated rings. The molecule has 2 aliphatic rings. The van der Waals surface area contributed by atoms with Gasteiger partial charge in [0.05, 0.1) is 10.8 Å². The van der Waals surface area contributed by atoms with E-state index in [0.29, 0.717) is 55.5 Å². The number of carbonyl (C=O) groups excluding carboxylic acids is 2. The van der Waals surface area contributed by atoms with Crippen LogP contribution in [-0.2, 0) is 32.6 Å². The summed E-state index contributed by atoms with van der Waals surface area (Å²) in [6.45, 7) is 3.29. The van der Waals surface area contributed by atoms with Crippen LogP contribution in [0.2, 0.25) is 0 Å². The minimum Gasteiger partial charge on any atom is -0.352 e. The minimum atomic E-state index is -3.84. The summed E-state index contributed by atoms with van der Waals surface area (Å²) in [5.41, 5.74) is 2.62. The highest BCUT2D eigenvalue weighted by Gasteiger charge is 2.36. The van der Waals surface area contributed by atoms with E-state index in [9.17, 15) is 18.0 Å². The molecule has 2 aromatic carbocycles. The SMILES string of the molecule is CCC(=O)N1CCc2cc(Br)c(S(=O)(=O)N3CCC[C@@H](C(=O)NCc4ccccc4)C3)cc21. The van der Waals surface area contributed by atoms with Crippen LogP contribution in [-0.4, -0.2) is 44.2 Å². The van der Waals surface area contributed by atoms with Crippen molar-refractivity contribution in [3.05, 3.63) is 58.1 Å². The van der Waals surface area contributed by atoms with Crippen LogP contribution < -0.4 is 10.2 Å². The van der Waals surface area contributed by atoms with Crippen molar-refractivity contribution >= 4 is 43.5 Å². The van der Waals surface area contributed by atoms with Gasteiger partial charge in [-0.15, -0.1) is 0 Å². The molecule has 2 amide bonds. The van der Waals surface area contributed by atoms with Gasteiger partial charge in [-0.25, -0.2) is 8.42 Å². The summed E-state index contributed by atoms with van der Waals surface area (Å²) in [6, 6.07) is 13.0. The van der Waals surface area contributed by atoms with Gasteiger partial charge in [-0.05, 0) is 58.5 Å². The Balaban J connectivity index is 1.51. The first kappa shape index (κ1) is 23.9. The number of nitrogens with one attached hydrogen (secondary N) is 1. The van der Waals surface area contributed by atoms with E-state index in [2.05, 4.69) is 21.2 Å². The number of halogens is 1. The fraction of sp³-hybridized carbons (Fsp3) is 0.417. The van der Waals surface area contributed by atoms with E-state index >= 15 is 0 Å². The maximum Gasteiger partial charge on any atom is 0.244 e. The van der Waals surface area contributed by atoms with E-state index in [4.69, 9.17) is 0 Å². The Kier molecular flexibility index (Phi) is 7.21. The molecule has 33 heavy (non-hydrogen) atoms. The molecule has 0 radical (unpaired) electrons. The highest BCUT2D eigenvalue weighted by molar-refractivity contribution is 9.10. The van der Waals surface area contributed by atoms with Crippen LogP contribution in [0.3, 0.4) is 0 Å². The zero-order valence-corrected chi connectivity index (χ0v) is 21.0. The van der Waals surface area contributed by atoms with E-state index in [-0.39, 0.29) is 23.3 Å². The smallest absolute Gasteiger partial charge is 0.244 e. The molecule has 2 heterocycles. The Bertz CT molecular complexity index is 1150. The quantitative estimate of drug-likeness (QED) is 0.615. The van der Waals surface area contributed by atoms with Crippen LogP contribution in [0, 0.1) is 5.92 Å². The van der Waals surface area contributed by atoms with Gasteiger partial charge in [-0.2, -0.15) is 4.31 Å². The number of rotatable bonds is 6. The molecule has 7 nitrogen and oxygen atoms in total. The predicted octanol–water partition coefficient (Wildman–Crippen LogP) is 3.47. The first-order valence-electron chi connectivity index (χ1n) is 11.3. The van der Waals surface area contributed by atoms with Crippen LogP contribution in [0.1, 0.15) is 37.3 Å². The lowest BCUT2D eigenvalue weighted by Crippen LogP contribution is -2.45. The minimum absolute atomic E-state index is 0.0208. The van der Waals surface area contributed by atoms with Crippen LogP contribution in [0.15, 0.2) is 51.8 Å². The van der Waals surface area contributed by atoms with Crippen molar-refractivity contribution in [3.63, 3.8) is 0 Å². The summed E-state index contributed by atoms with van der Waals surface area (Å²) in [7, 11) is -3.84. The van der Waals surface area contributed by atoms with Gasteiger partial charge in [0.25, 0.3) is 0 Å². The van der Waals surface area contributed by atoms with Gasteiger partial charge in [0.1, 0.15) is 0 Å². The molecule has 176 valence electrons. The Morgan fingerprint density at radius 3 is 2.64 bits per heavy atom. The van der Waals surface area contributed by atoms with Gasteiger partial charge in [0.2, 0.25) is 21.8 Å². The van der Waals surface area contributed by atoms with Gasteiger partial charge < -0.3 is 10.2 Å². The molecule has 2 aromatic rings. The largest absolute Gasteiger partial charge is 0.352 e. The Morgan fingerprint density at radius 1 is 1.15 bits per heavy atom. The average Bonchev–Trinajstić information content (AvgIpc) is 3.24. The fourth-order valence-corrected chi connectivity index (χ4v) is 7.07. The lowest BCUT2D eigenvalue weighted by molar-refractivity contribution is -0.126. The van der Waals surface area contributed by atoms with E-state index in [0.717, 1.165) is 11.1 Å². The number of piperidine rings is 1.